The molecule has 1 aromatic rings. The molecule has 1 unspecified atom stereocenters. The average molecular weight is 294 g/mol. The van der Waals surface area contributed by atoms with Crippen LogP contribution in [0.4, 0.5) is 0 Å². The van der Waals surface area contributed by atoms with Gasteiger partial charge >= 0.3 is 0 Å². The van der Waals surface area contributed by atoms with E-state index in [0.717, 1.165) is 29.7 Å². The summed E-state index contributed by atoms with van der Waals surface area (Å²) in [4.78, 5) is 0. The van der Waals surface area contributed by atoms with Crippen LogP contribution in [0.1, 0.15) is 44.6 Å². The molecule has 1 heterocycles. The van der Waals surface area contributed by atoms with Crippen molar-refractivity contribution in [2.24, 2.45) is 5.92 Å². The summed E-state index contributed by atoms with van der Waals surface area (Å²) < 4.78 is 5.98. The zero-order valence-electron chi connectivity index (χ0n) is 12.2. The van der Waals surface area contributed by atoms with E-state index in [-0.39, 0.29) is 6.10 Å². The Bertz CT molecular complexity index is 456. The first-order valence-corrected chi connectivity index (χ1v) is 8.28. The van der Waals surface area contributed by atoms with Crippen molar-refractivity contribution < 1.29 is 4.74 Å². The first-order chi connectivity index (χ1) is 9.72. The minimum atomic E-state index is 0.259. The third-order valence-electron chi connectivity index (χ3n) is 4.79. The van der Waals surface area contributed by atoms with Gasteiger partial charge in [-0.15, -0.1) is 0 Å². The van der Waals surface area contributed by atoms with Crippen LogP contribution in [-0.4, -0.2) is 18.7 Å². The molecule has 2 nitrogen and oxygen atoms in total. The van der Waals surface area contributed by atoms with E-state index in [1.54, 1.807) is 0 Å². The third kappa shape index (κ3) is 3.29. The molecule has 3 heteroatoms. The highest BCUT2D eigenvalue weighted by Crippen LogP contribution is 2.31. The molecule has 1 aromatic carbocycles. The second kappa shape index (κ2) is 6.36. The predicted molar refractivity (Wildman–Crippen MR) is 83.6 cm³/mol. The average Bonchev–Trinajstić information content (AvgIpc) is 2.87. The first-order valence-electron chi connectivity index (χ1n) is 7.91. The van der Waals surface area contributed by atoms with E-state index >= 15 is 0 Å². The first kappa shape index (κ1) is 14.2. The van der Waals surface area contributed by atoms with Gasteiger partial charge in [0.2, 0.25) is 0 Å². The molecule has 3 rings (SSSR count). The van der Waals surface area contributed by atoms with Gasteiger partial charge in [-0.05, 0) is 49.4 Å². The van der Waals surface area contributed by atoms with Crippen LogP contribution in [0.5, 0.6) is 5.75 Å². The monoisotopic (exact) mass is 293 g/mol. The van der Waals surface area contributed by atoms with Gasteiger partial charge in [0.05, 0.1) is 0 Å². The normalized spacial score (nSPS) is 24.2. The fourth-order valence-corrected chi connectivity index (χ4v) is 3.72. The smallest absolute Gasteiger partial charge is 0.123 e. The van der Waals surface area contributed by atoms with Gasteiger partial charge in [-0.25, -0.2) is 0 Å². The topological polar surface area (TPSA) is 21.3 Å². The van der Waals surface area contributed by atoms with E-state index in [2.05, 4.69) is 12.2 Å². The van der Waals surface area contributed by atoms with Crippen LogP contribution in [0, 0.1) is 5.92 Å². The van der Waals surface area contributed by atoms with E-state index in [1.165, 1.54) is 37.7 Å². The number of ether oxygens (including phenoxy) is 1. The molecule has 0 saturated heterocycles. The maximum absolute atomic E-state index is 6.03. The molecule has 1 saturated carbocycles. The molecule has 20 heavy (non-hydrogen) atoms. The van der Waals surface area contributed by atoms with Gasteiger partial charge in [-0.1, -0.05) is 30.9 Å². The maximum atomic E-state index is 6.03. The number of hydrogen-bond donors (Lipinski definition) is 1. The second-order valence-corrected chi connectivity index (χ2v) is 6.73. The Labute approximate surface area is 126 Å². The molecule has 2 aliphatic rings. The third-order valence-corrected chi connectivity index (χ3v) is 5.02. The zero-order chi connectivity index (χ0) is 13.9. The SMILES string of the molecule is C[C@@H](NCC1Cc2cc(Cl)ccc2O1)C1CCCCC1. The van der Waals surface area contributed by atoms with Crippen molar-refractivity contribution in [1.82, 2.24) is 5.32 Å². The Morgan fingerprint density at radius 2 is 2.10 bits per heavy atom. The zero-order valence-corrected chi connectivity index (χ0v) is 13.0. The summed E-state index contributed by atoms with van der Waals surface area (Å²) in [6.45, 7) is 3.26. The van der Waals surface area contributed by atoms with Crippen molar-refractivity contribution in [1.29, 1.82) is 0 Å². The van der Waals surface area contributed by atoms with Crippen molar-refractivity contribution in [3.05, 3.63) is 28.8 Å². The standard InChI is InChI=1S/C17H24ClNO/c1-12(13-5-3-2-4-6-13)19-11-16-10-14-9-15(18)7-8-17(14)20-16/h7-9,12-13,16,19H,2-6,10-11H2,1H3/t12-,16?/m1/s1. The van der Waals surface area contributed by atoms with Gasteiger partial charge in [0.25, 0.3) is 0 Å². The van der Waals surface area contributed by atoms with E-state index in [0.29, 0.717) is 6.04 Å². The number of nitrogens with one attached hydrogen (secondary N) is 1. The molecule has 0 aromatic heterocycles. The molecule has 0 amide bonds. The van der Waals surface area contributed by atoms with E-state index < -0.39 is 0 Å². The molecule has 2 atom stereocenters. The maximum Gasteiger partial charge on any atom is 0.123 e. The van der Waals surface area contributed by atoms with Crippen molar-refractivity contribution in [2.45, 2.75) is 57.6 Å². The van der Waals surface area contributed by atoms with Gasteiger partial charge in [0.1, 0.15) is 11.9 Å². The second-order valence-electron chi connectivity index (χ2n) is 6.29. The highest BCUT2D eigenvalue weighted by atomic mass is 35.5. The molecule has 0 radical (unpaired) electrons. The largest absolute Gasteiger partial charge is 0.488 e. The predicted octanol–water partition coefficient (Wildman–Crippen LogP) is 4.20. The molecular weight excluding hydrogens is 270 g/mol. The molecular formula is C17H24ClNO. The van der Waals surface area contributed by atoms with E-state index in [4.69, 9.17) is 16.3 Å². The van der Waals surface area contributed by atoms with Gasteiger partial charge in [-0.3, -0.25) is 0 Å². The highest BCUT2D eigenvalue weighted by molar-refractivity contribution is 6.30. The van der Waals surface area contributed by atoms with Gasteiger partial charge in [0, 0.05) is 24.0 Å². The Morgan fingerprint density at radius 1 is 1.30 bits per heavy atom. The number of fused-ring (bicyclic) bond motifs is 1. The van der Waals surface area contributed by atoms with Gasteiger partial charge in [0.15, 0.2) is 0 Å². The van der Waals surface area contributed by atoms with E-state index in [9.17, 15) is 0 Å². The summed E-state index contributed by atoms with van der Waals surface area (Å²) in [6.07, 6.45) is 8.23. The van der Waals surface area contributed by atoms with Gasteiger partial charge < -0.3 is 10.1 Å². The molecule has 1 N–H and O–H groups in total. The van der Waals surface area contributed by atoms with Crippen molar-refractivity contribution >= 4 is 11.6 Å². The summed E-state index contributed by atoms with van der Waals surface area (Å²) >= 11 is 6.03. The lowest BCUT2D eigenvalue weighted by atomic mass is 9.84. The summed E-state index contributed by atoms with van der Waals surface area (Å²) in [6, 6.07) is 6.52. The van der Waals surface area contributed by atoms with Crippen LogP contribution < -0.4 is 10.1 Å². The Balaban J connectivity index is 1.48. The van der Waals surface area contributed by atoms with E-state index in [1.807, 2.05) is 18.2 Å². The minimum Gasteiger partial charge on any atom is -0.488 e. The quantitative estimate of drug-likeness (QED) is 0.898. The highest BCUT2D eigenvalue weighted by Gasteiger charge is 2.25. The molecule has 110 valence electrons. The fourth-order valence-electron chi connectivity index (χ4n) is 3.52. The fraction of sp³-hybridized carbons (Fsp3) is 0.647. The number of benzene rings is 1. The lowest BCUT2D eigenvalue weighted by Crippen LogP contribution is -2.40. The van der Waals surface area contributed by atoms with Crippen molar-refractivity contribution in [2.75, 3.05) is 6.54 Å². The lowest BCUT2D eigenvalue weighted by molar-refractivity contribution is 0.204. The van der Waals surface area contributed by atoms with Crippen LogP contribution in [-0.2, 0) is 6.42 Å². The van der Waals surface area contributed by atoms with Gasteiger partial charge in [-0.2, -0.15) is 0 Å². The number of halogens is 1. The van der Waals surface area contributed by atoms with Crippen LogP contribution in [0.25, 0.3) is 0 Å². The lowest BCUT2D eigenvalue weighted by Gasteiger charge is -2.29. The summed E-state index contributed by atoms with van der Waals surface area (Å²) in [5, 5.41) is 4.49. The number of hydrogen-bond acceptors (Lipinski definition) is 2. The summed E-state index contributed by atoms with van der Waals surface area (Å²) in [5.74, 6) is 1.86. The Morgan fingerprint density at radius 3 is 2.90 bits per heavy atom. The van der Waals surface area contributed by atoms with Crippen LogP contribution >= 0.6 is 11.6 Å². The number of rotatable bonds is 4. The Hall–Kier alpha value is -0.730. The molecule has 0 bridgehead atoms. The van der Waals surface area contributed by atoms with Crippen molar-refractivity contribution in [3.63, 3.8) is 0 Å². The summed E-state index contributed by atoms with van der Waals surface area (Å²) in [7, 11) is 0. The molecule has 1 aliphatic carbocycles. The van der Waals surface area contributed by atoms with Crippen LogP contribution in [0.15, 0.2) is 18.2 Å². The van der Waals surface area contributed by atoms with Crippen LogP contribution in [0.2, 0.25) is 5.02 Å². The molecule has 0 spiro atoms. The minimum absolute atomic E-state index is 0.259. The Kier molecular flexibility index (Phi) is 4.52. The van der Waals surface area contributed by atoms with Crippen molar-refractivity contribution in [3.8, 4) is 5.75 Å². The molecule has 1 aliphatic heterocycles. The van der Waals surface area contributed by atoms with Crippen LogP contribution in [0.3, 0.4) is 0 Å². The summed E-state index contributed by atoms with van der Waals surface area (Å²) in [5.41, 5.74) is 1.25. The molecule has 1 fully saturated rings.